The quantitative estimate of drug-likeness (QED) is 0.900. The summed E-state index contributed by atoms with van der Waals surface area (Å²) >= 11 is 1.50. The number of hydrogen-bond acceptors (Lipinski definition) is 3. The topological polar surface area (TPSA) is 72.2 Å². The summed E-state index contributed by atoms with van der Waals surface area (Å²) < 4.78 is 0. The Balaban J connectivity index is 1.92. The van der Waals surface area contributed by atoms with Gasteiger partial charge in [0, 0.05) is 10.4 Å². The van der Waals surface area contributed by atoms with E-state index >= 15 is 0 Å². The number of fused-ring (bicyclic) bond motifs is 1. The van der Waals surface area contributed by atoms with Crippen LogP contribution in [0, 0.1) is 5.92 Å². The summed E-state index contributed by atoms with van der Waals surface area (Å²) in [5.41, 5.74) is 7.69. The summed E-state index contributed by atoms with van der Waals surface area (Å²) in [4.78, 5) is 25.5. The minimum Gasteiger partial charge on any atom is -0.365 e. The van der Waals surface area contributed by atoms with Crippen LogP contribution in [0.5, 0.6) is 0 Å². The van der Waals surface area contributed by atoms with Gasteiger partial charge in [-0.3, -0.25) is 9.59 Å². The molecule has 1 heterocycles. The normalized spacial score (nSPS) is 16.7. The number of hydrogen-bond donors (Lipinski definition) is 2. The second-order valence-corrected chi connectivity index (χ2v) is 7.01. The van der Waals surface area contributed by atoms with E-state index in [0.29, 0.717) is 22.0 Å². The first-order valence-electron chi connectivity index (χ1n) is 7.90. The maximum atomic E-state index is 12.4. The van der Waals surface area contributed by atoms with Gasteiger partial charge in [-0.25, -0.2) is 0 Å². The SMILES string of the molecule is CC[C@@H]1CCc2c(sc(NC(=O)c3ccccc3)c2C(N)=O)C1. The molecule has 2 aromatic rings. The number of benzene rings is 1. The van der Waals surface area contributed by atoms with Crippen LogP contribution in [0.15, 0.2) is 30.3 Å². The van der Waals surface area contributed by atoms with Crippen molar-refractivity contribution in [1.82, 2.24) is 0 Å². The van der Waals surface area contributed by atoms with E-state index in [0.717, 1.165) is 31.2 Å². The number of primary amides is 1. The second kappa shape index (κ2) is 6.54. The number of anilines is 1. The van der Waals surface area contributed by atoms with E-state index in [1.54, 1.807) is 12.1 Å². The van der Waals surface area contributed by atoms with Gasteiger partial charge in [0.25, 0.3) is 11.8 Å². The minimum atomic E-state index is -0.458. The fraction of sp³-hybridized carbons (Fsp3) is 0.333. The minimum absolute atomic E-state index is 0.210. The number of thiophene rings is 1. The Morgan fingerprint density at radius 2 is 2.04 bits per heavy atom. The summed E-state index contributed by atoms with van der Waals surface area (Å²) in [6, 6.07) is 8.99. The molecule has 0 unspecified atom stereocenters. The highest BCUT2D eigenvalue weighted by atomic mass is 32.1. The summed E-state index contributed by atoms with van der Waals surface area (Å²) in [5, 5.41) is 3.47. The molecule has 2 amide bonds. The zero-order chi connectivity index (χ0) is 16.4. The van der Waals surface area contributed by atoms with Crippen LogP contribution >= 0.6 is 11.3 Å². The molecule has 3 N–H and O–H groups in total. The summed E-state index contributed by atoms with van der Waals surface area (Å²) in [7, 11) is 0. The third-order valence-electron chi connectivity index (χ3n) is 4.45. The van der Waals surface area contributed by atoms with Crippen molar-refractivity contribution in [3.63, 3.8) is 0 Å². The Morgan fingerprint density at radius 1 is 1.30 bits per heavy atom. The molecule has 0 saturated heterocycles. The van der Waals surface area contributed by atoms with Crippen LogP contribution in [-0.2, 0) is 12.8 Å². The molecule has 0 fully saturated rings. The van der Waals surface area contributed by atoms with Gasteiger partial charge in [-0.1, -0.05) is 31.5 Å². The number of nitrogens with two attached hydrogens (primary N) is 1. The number of carbonyl (C=O) groups is 2. The molecular formula is C18H20N2O2S. The van der Waals surface area contributed by atoms with Gasteiger partial charge < -0.3 is 11.1 Å². The average molecular weight is 328 g/mol. The number of rotatable bonds is 4. The fourth-order valence-corrected chi connectivity index (χ4v) is 4.48. The van der Waals surface area contributed by atoms with Crippen molar-refractivity contribution in [2.24, 2.45) is 11.7 Å². The molecule has 0 spiro atoms. The van der Waals surface area contributed by atoms with Crippen LogP contribution in [0.4, 0.5) is 5.00 Å². The number of amides is 2. The van der Waals surface area contributed by atoms with E-state index in [9.17, 15) is 9.59 Å². The maximum absolute atomic E-state index is 12.4. The predicted molar refractivity (Wildman–Crippen MR) is 93.0 cm³/mol. The molecule has 3 rings (SSSR count). The first-order chi connectivity index (χ1) is 11.1. The molecule has 0 radical (unpaired) electrons. The van der Waals surface area contributed by atoms with E-state index in [1.165, 1.54) is 16.2 Å². The molecular weight excluding hydrogens is 308 g/mol. The van der Waals surface area contributed by atoms with Crippen molar-refractivity contribution in [2.75, 3.05) is 5.32 Å². The monoisotopic (exact) mass is 328 g/mol. The summed E-state index contributed by atoms with van der Waals surface area (Å²) in [6.07, 6.45) is 4.04. The molecule has 0 bridgehead atoms. The third kappa shape index (κ3) is 3.15. The van der Waals surface area contributed by atoms with Crippen molar-refractivity contribution >= 4 is 28.2 Å². The Morgan fingerprint density at radius 3 is 2.70 bits per heavy atom. The molecule has 23 heavy (non-hydrogen) atoms. The third-order valence-corrected chi connectivity index (χ3v) is 5.62. The van der Waals surface area contributed by atoms with Crippen molar-refractivity contribution < 1.29 is 9.59 Å². The van der Waals surface area contributed by atoms with Gasteiger partial charge in [0.15, 0.2) is 0 Å². The van der Waals surface area contributed by atoms with Crippen molar-refractivity contribution in [1.29, 1.82) is 0 Å². The zero-order valence-electron chi connectivity index (χ0n) is 13.1. The van der Waals surface area contributed by atoms with Gasteiger partial charge in [-0.2, -0.15) is 0 Å². The molecule has 0 aliphatic heterocycles. The molecule has 1 aromatic heterocycles. The average Bonchev–Trinajstić information content (AvgIpc) is 2.92. The van der Waals surface area contributed by atoms with Crippen LogP contribution in [0.25, 0.3) is 0 Å². The molecule has 1 aliphatic carbocycles. The van der Waals surface area contributed by atoms with E-state index in [4.69, 9.17) is 5.73 Å². The second-order valence-electron chi connectivity index (χ2n) is 5.91. The van der Waals surface area contributed by atoms with Crippen LogP contribution in [-0.4, -0.2) is 11.8 Å². The molecule has 0 saturated carbocycles. The molecule has 1 atom stereocenters. The van der Waals surface area contributed by atoms with E-state index < -0.39 is 5.91 Å². The number of nitrogens with one attached hydrogen (secondary N) is 1. The molecule has 1 aliphatic rings. The first kappa shape index (κ1) is 15.7. The lowest BCUT2D eigenvalue weighted by Crippen LogP contribution is -2.19. The first-order valence-corrected chi connectivity index (χ1v) is 8.72. The van der Waals surface area contributed by atoms with Gasteiger partial charge in [0.1, 0.15) is 5.00 Å². The Labute approximate surface area is 139 Å². The highest BCUT2D eigenvalue weighted by molar-refractivity contribution is 7.17. The van der Waals surface area contributed by atoms with Crippen LogP contribution in [0.1, 0.15) is 50.9 Å². The smallest absolute Gasteiger partial charge is 0.256 e. The van der Waals surface area contributed by atoms with Gasteiger partial charge in [0.2, 0.25) is 0 Å². The van der Waals surface area contributed by atoms with Gasteiger partial charge in [-0.05, 0) is 42.9 Å². The van der Waals surface area contributed by atoms with Gasteiger partial charge in [-0.15, -0.1) is 11.3 Å². The van der Waals surface area contributed by atoms with E-state index in [-0.39, 0.29) is 5.91 Å². The molecule has 4 nitrogen and oxygen atoms in total. The largest absolute Gasteiger partial charge is 0.365 e. The Bertz CT molecular complexity index is 737. The molecule has 5 heteroatoms. The zero-order valence-corrected chi connectivity index (χ0v) is 13.9. The van der Waals surface area contributed by atoms with Crippen molar-refractivity contribution in [3.8, 4) is 0 Å². The number of carbonyl (C=O) groups excluding carboxylic acids is 2. The maximum Gasteiger partial charge on any atom is 0.256 e. The van der Waals surface area contributed by atoms with E-state index in [1.807, 2.05) is 18.2 Å². The van der Waals surface area contributed by atoms with Crippen LogP contribution < -0.4 is 11.1 Å². The fourth-order valence-electron chi connectivity index (χ4n) is 3.12. The van der Waals surface area contributed by atoms with Gasteiger partial charge in [0.05, 0.1) is 5.56 Å². The van der Waals surface area contributed by atoms with Crippen LogP contribution in [0.2, 0.25) is 0 Å². The summed E-state index contributed by atoms with van der Waals surface area (Å²) in [6.45, 7) is 2.19. The van der Waals surface area contributed by atoms with Gasteiger partial charge >= 0.3 is 0 Å². The predicted octanol–water partition coefficient (Wildman–Crippen LogP) is 3.61. The Hall–Kier alpha value is -2.14. The lowest BCUT2D eigenvalue weighted by molar-refractivity contribution is 0.1000. The highest BCUT2D eigenvalue weighted by Gasteiger charge is 2.28. The Kier molecular flexibility index (Phi) is 4.48. The lowest BCUT2D eigenvalue weighted by atomic mass is 9.85. The van der Waals surface area contributed by atoms with E-state index in [2.05, 4.69) is 12.2 Å². The standard InChI is InChI=1S/C18H20N2O2S/c1-2-11-8-9-13-14(10-11)23-18(15(13)16(19)21)20-17(22)12-6-4-3-5-7-12/h3-7,11H,2,8-10H2,1H3,(H2,19,21)(H,20,22)/t11-/m1/s1. The van der Waals surface area contributed by atoms with Crippen molar-refractivity contribution in [3.05, 3.63) is 51.9 Å². The lowest BCUT2D eigenvalue weighted by Gasteiger charge is -2.20. The summed E-state index contributed by atoms with van der Waals surface area (Å²) in [5.74, 6) is -0.0147. The van der Waals surface area contributed by atoms with Crippen molar-refractivity contribution in [2.45, 2.75) is 32.6 Å². The molecule has 1 aromatic carbocycles. The van der Waals surface area contributed by atoms with Crippen LogP contribution in [0.3, 0.4) is 0 Å². The highest BCUT2D eigenvalue weighted by Crippen LogP contribution is 2.40. The molecule has 120 valence electrons.